The Morgan fingerprint density at radius 3 is 3.06 bits per heavy atom. The van der Waals surface area contributed by atoms with Gasteiger partial charge in [0.15, 0.2) is 0 Å². The number of ether oxygens (including phenoxy) is 2. The van der Waals surface area contributed by atoms with Crippen molar-refractivity contribution in [2.45, 2.75) is 38.3 Å². The topological polar surface area (TPSA) is 47.7 Å². The third kappa shape index (κ3) is 4.78. The molecular formula is C12H26N2O2. The van der Waals surface area contributed by atoms with Crippen molar-refractivity contribution in [3.8, 4) is 0 Å². The van der Waals surface area contributed by atoms with Gasteiger partial charge in [-0.2, -0.15) is 0 Å². The highest BCUT2D eigenvalue weighted by Gasteiger charge is 2.22. The van der Waals surface area contributed by atoms with Crippen LogP contribution in [0.2, 0.25) is 0 Å². The van der Waals surface area contributed by atoms with Crippen LogP contribution in [-0.2, 0) is 9.47 Å². The molecule has 0 bridgehead atoms. The van der Waals surface area contributed by atoms with E-state index in [9.17, 15) is 0 Å². The van der Waals surface area contributed by atoms with Crippen LogP contribution in [0.5, 0.6) is 0 Å². The van der Waals surface area contributed by atoms with Gasteiger partial charge in [-0.15, -0.1) is 0 Å². The Kier molecular flexibility index (Phi) is 6.96. The van der Waals surface area contributed by atoms with Crippen LogP contribution >= 0.6 is 0 Å². The molecule has 4 heteroatoms. The Bertz CT molecular complexity index is 178. The summed E-state index contributed by atoms with van der Waals surface area (Å²) in [7, 11) is 1.77. The average Bonchev–Trinajstić information content (AvgIpc) is 2.49. The highest BCUT2D eigenvalue weighted by atomic mass is 16.5. The Morgan fingerprint density at radius 1 is 1.56 bits per heavy atom. The highest BCUT2D eigenvalue weighted by molar-refractivity contribution is 4.76. The molecule has 2 N–H and O–H groups in total. The molecule has 0 aliphatic carbocycles. The smallest absolute Gasteiger partial charge is 0.0674 e. The fourth-order valence-electron chi connectivity index (χ4n) is 2.28. The second-order valence-electron chi connectivity index (χ2n) is 4.57. The van der Waals surface area contributed by atoms with Gasteiger partial charge in [0, 0.05) is 32.8 Å². The van der Waals surface area contributed by atoms with Crippen LogP contribution in [0.4, 0.5) is 0 Å². The molecule has 1 rings (SSSR count). The van der Waals surface area contributed by atoms with Gasteiger partial charge in [-0.25, -0.2) is 0 Å². The fraction of sp³-hybridized carbons (Fsp3) is 1.00. The van der Waals surface area contributed by atoms with E-state index in [-0.39, 0.29) is 0 Å². The third-order valence-corrected chi connectivity index (χ3v) is 3.10. The zero-order valence-electron chi connectivity index (χ0n) is 10.7. The van der Waals surface area contributed by atoms with Gasteiger partial charge in [0.05, 0.1) is 12.7 Å². The number of rotatable bonds is 6. The van der Waals surface area contributed by atoms with Gasteiger partial charge in [0.25, 0.3) is 0 Å². The van der Waals surface area contributed by atoms with Crippen LogP contribution in [0.1, 0.15) is 26.2 Å². The van der Waals surface area contributed by atoms with Crippen LogP contribution in [-0.4, -0.2) is 57.0 Å². The van der Waals surface area contributed by atoms with Crippen LogP contribution in [0.15, 0.2) is 0 Å². The van der Waals surface area contributed by atoms with E-state index in [1.165, 1.54) is 0 Å². The fourth-order valence-corrected chi connectivity index (χ4v) is 2.28. The SMILES string of the molecule is COCC(CCCN)N1CCCOC(C)C1. The summed E-state index contributed by atoms with van der Waals surface area (Å²) in [4.78, 5) is 2.50. The van der Waals surface area contributed by atoms with Crippen LogP contribution < -0.4 is 5.73 Å². The van der Waals surface area contributed by atoms with Crippen molar-refractivity contribution in [1.29, 1.82) is 0 Å². The maximum Gasteiger partial charge on any atom is 0.0674 e. The number of hydrogen-bond acceptors (Lipinski definition) is 4. The van der Waals surface area contributed by atoms with Crippen molar-refractivity contribution >= 4 is 0 Å². The number of nitrogens with two attached hydrogens (primary N) is 1. The normalized spacial score (nSPS) is 25.3. The van der Waals surface area contributed by atoms with Crippen molar-refractivity contribution in [2.75, 3.05) is 40.0 Å². The average molecular weight is 230 g/mol. The summed E-state index contributed by atoms with van der Waals surface area (Å²) in [6, 6.07) is 0.498. The molecule has 0 saturated carbocycles. The first kappa shape index (κ1) is 13.9. The standard InChI is InChI=1S/C12H26N2O2/c1-11-9-14(7-4-8-16-11)12(10-15-2)5-3-6-13/h11-12H,3-10,13H2,1-2H3. The molecule has 0 aromatic carbocycles. The predicted molar refractivity (Wildman–Crippen MR) is 65.6 cm³/mol. The lowest BCUT2D eigenvalue weighted by atomic mass is 10.1. The Hall–Kier alpha value is -0.160. The lowest BCUT2D eigenvalue weighted by Crippen LogP contribution is -2.42. The van der Waals surface area contributed by atoms with E-state index in [0.717, 1.165) is 52.1 Å². The number of hydrogen-bond donors (Lipinski definition) is 1. The first-order valence-corrected chi connectivity index (χ1v) is 6.32. The molecule has 96 valence electrons. The van der Waals surface area contributed by atoms with Gasteiger partial charge in [-0.1, -0.05) is 0 Å². The molecule has 0 radical (unpaired) electrons. The quantitative estimate of drug-likeness (QED) is 0.735. The molecule has 1 aliphatic heterocycles. The molecule has 16 heavy (non-hydrogen) atoms. The molecule has 1 aliphatic rings. The molecule has 0 amide bonds. The summed E-state index contributed by atoms with van der Waals surface area (Å²) < 4.78 is 11.0. The van der Waals surface area contributed by atoms with Crippen molar-refractivity contribution in [1.82, 2.24) is 4.90 Å². The summed E-state index contributed by atoms with van der Waals surface area (Å²) in [6.07, 6.45) is 3.64. The Morgan fingerprint density at radius 2 is 2.38 bits per heavy atom. The van der Waals surface area contributed by atoms with Crippen molar-refractivity contribution in [3.63, 3.8) is 0 Å². The zero-order valence-corrected chi connectivity index (χ0v) is 10.7. The highest BCUT2D eigenvalue weighted by Crippen LogP contribution is 2.13. The van der Waals surface area contributed by atoms with Crippen LogP contribution in [0.3, 0.4) is 0 Å². The second kappa shape index (κ2) is 8.01. The van der Waals surface area contributed by atoms with E-state index >= 15 is 0 Å². The predicted octanol–water partition coefficient (Wildman–Crippen LogP) is 0.851. The molecule has 2 atom stereocenters. The largest absolute Gasteiger partial charge is 0.383 e. The first-order valence-electron chi connectivity index (χ1n) is 6.32. The maximum atomic E-state index is 5.66. The Labute approximate surface area is 99.1 Å². The van der Waals surface area contributed by atoms with Gasteiger partial charge in [0.2, 0.25) is 0 Å². The summed E-state index contributed by atoms with van der Waals surface area (Å²) >= 11 is 0. The first-order chi connectivity index (χ1) is 7.77. The van der Waals surface area contributed by atoms with E-state index < -0.39 is 0 Å². The van der Waals surface area contributed by atoms with E-state index in [1.807, 2.05) is 0 Å². The molecule has 4 nitrogen and oxygen atoms in total. The van der Waals surface area contributed by atoms with Crippen LogP contribution in [0.25, 0.3) is 0 Å². The molecular weight excluding hydrogens is 204 g/mol. The van der Waals surface area contributed by atoms with Crippen LogP contribution in [0, 0.1) is 0 Å². The minimum absolute atomic E-state index is 0.333. The molecule has 2 unspecified atom stereocenters. The van der Waals surface area contributed by atoms with E-state index in [0.29, 0.717) is 12.1 Å². The minimum Gasteiger partial charge on any atom is -0.383 e. The number of nitrogens with zero attached hydrogens (tertiary/aromatic N) is 1. The van der Waals surface area contributed by atoms with Gasteiger partial charge in [-0.3, -0.25) is 4.90 Å². The summed E-state index contributed by atoms with van der Waals surface area (Å²) in [5.41, 5.74) is 5.58. The molecule has 0 aromatic rings. The third-order valence-electron chi connectivity index (χ3n) is 3.10. The lowest BCUT2D eigenvalue weighted by Gasteiger charge is -2.31. The van der Waals surface area contributed by atoms with E-state index in [1.54, 1.807) is 7.11 Å². The maximum absolute atomic E-state index is 5.66. The summed E-state index contributed by atoms with van der Waals surface area (Å²) in [5.74, 6) is 0. The molecule has 0 spiro atoms. The molecule has 1 saturated heterocycles. The van der Waals surface area contributed by atoms with Crippen molar-refractivity contribution in [3.05, 3.63) is 0 Å². The second-order valence-corrected chi connectivity index (χ2v) is 4.57. The van der Waals surface area contributed by atoms with Crippen molar-refractivity contribution in [2.24, 2.45) is 5.73 Å². The molecule has 1 heterocycles. The van der Waals surface area contributed by atoms with Gasteiger partial charge >= 0.3 is 0 Å². The molecule has 1 fully saturated rings. The molecule has 0 aromatic heterocycles. The summed E-state index contributed by atoms with van der Waals surface area (Å²) in [5, 5.41) is 0. The van der Waals surface area contributed by atoms with Gasteiger partial charge in [0.1, 0.15) is 0 Å². The van der Waals surface area contributed by atoms with E-state index in [4.69, 9.17) is 15.2 Å². The van der Waals surface area contributed by atoms with E-state index in [2.05, 4.69) is 11.8 Å². The zero-order chi connectivity index (χ0) is 11.8. The monoisotopic (exact) mass is 230 g/mol. The number of methoxy groups -OCH3 is 1. The lowest BCUT2D eigenvalue weighted by molar-refractivity contribution is 0.0428. The van der Waals surface area contributed by atoms with Gasteiger partial charge < -0.3 is 15.2 Å². The summed E-state index contributed by atoms with van der Waals surface area (Å²) in [6.45, 7) is 6.72. The minimum atomic E-state index is 0.333. The van der Waals surface area contributed by atoms with Gasteiger partial charge in [-0.05, 0) is 32.7 Å². The Balaban J connectivity index is 2.45. The van der Waals surface area contributed by atoms with Crippen molar-refractivity contribution < 1.29 is 9.47 Å².